The fourth-order valence-electron chi connectivity index (χ4n) is 0.270. The van der Waals surface area contributed by atoms with E-state index in [-0.39, 0.29) is 0 Å². The first-order valence-electron chi connectivity index (χ1n) is 1.67. The highest BCUT2D eigenvalue weighted by Gasteiger charge is 2.04. The molecular formula is C2H5N3S2. The third kappa shape index (κ3) is 1.19. The molecule has 7 heavy (non-hydrogen) atoms. The molecule has 0 aromatic rings. The molecule has 0 saturated carbocycles. The molecule has 0 amide bonds. The molecule has 0 aromatic carbocycles. The zero-order chi connectivity index (χ0) is 5.28. The topological polar surface area (TPSA) is 41.3 Å². The summed E-state index contributed by atoms with van der Waals surface area (Å²) in [6.07, 6.45) is 0. The van der Waals surface area contributed by atoms with Gasteiger partial charge in [0.2, 0.25) is 0 Å². The Morgan fingerprint density at radius 2 is 2.71 bits per heavy atom. The van der Waals surface area contributed by atoms with Crippen LogP contribution in [0.3, 0.4) is 0 Å². The van der Waals surface area contributed by atoms with E-state index in [0.29, 0.717) is 5.82 Å². The van der Waals surface area contributed by atoms with Gasteiger partial charge in [-0.2, -0.15) is 0 Å². The summed E-state index contributed by atoms with van der Waals surface area (Å²) in [6.45, 7) is 0. The van der Waals surface area contributed by atoms with Gasteiger partial charge in [-0.25, -0.2) is 0 Å². The quantitative estimate of drug-likeness (QED) is 0.324. The van der Waals surface area contributed by atoms with E-state index in [1.807, 2.05) is 0 Å². The average molecular weight is 135 g/mol. The molecule has 1 aliphatic rings. The minimum atomic E-state index is 0.639. The van der Waals surface area contributed by atoms with E-state index in [1.54, 1.807) is 5.41 Å². The number of hydrogen-bond acceptors (Lipinski definition) is 5. The normalized spacial score (nSPS) is 21.6. The van der Waals surface area contributed by atoms with Crippen molar-refractivity contribution in [3.63, 3.8) is 0 Å². The number of rotatable bonds is 0. The Morgan fingerprint density at radius 3 is 2.86 bits per heavy atom. The van der Waals surface area contributed by atoms with Gasteiger partial charge >= 0.3 is 0 Å². The second-order valence-electron chi connectivity index (χ2n) is 1.06. The molecule has 0 spiro atoms. The molecular weight excluding hydrogens is 130 g/mol. The van der Waals surface area contributed by atoms with Crippen molar-refractivity contribution in [1.82, 2.24) is 9.25 Å². The zero-order valence-electron chi connectivity index (χ0n) is 3.46. The fraction of sp³-hybridized carbons (Fsp3) is 0. The van der Waals surface area contributed by atoms with E-state index >= 15 is 0 Å². The number of nitrogens with two attached hydrogens (primary N) is 1. The standard InChI is InChI=1S/C2H5N3S2/c3-2-1-7-5(6)4-2/h1,4,6H,3H2. The van der Waals surface area contributed by atoms with Crippen LogP contribution in [0.15, 0.2) is 11.2 Å². The van der Waals surface area contributed by atoms with Gasteiger partial charge in [-0.3, -0.25) is 5.43 Å². The van der Waals surface area contributed by atoms with Gasteiger partial charge in [0.1, 0.15) is 5.82 Å². The maximum atomic E-state index is 5.26. The third-order valence-electron chi connectivity index (χ3n) is 0.504. The Kier molecular flexibility index (Phi) is 1.36. The highest BCUT2D eigenvalue weighted by atomic mass is 32.2. The van der Waals surface area contributed by atoms with Crippen LogP contribution in [0.2, 0.25) is 0 Å². The highest BCUT2D eigenvalue weighted by molar-refractivity contribution is 8.07. The van der Waals surface area contributed by atoms with Crippen molar-refractivity contribution in [3.05, 3.63) is 11.2 Å². The summed E-state index contributed by atoms with van der Waals surface area (Å²) in [5.41, 5.74) is 7.98. The van der Waals surface area contributed by atoms with Crippen molar-refractivity contribution in [2.45, 2.75) is 0 Å². The van der Waals surface area contributed by atoms with Gasteiger partial charge in [0.25, 0.3) is 0 Å². The Morgan fingerprint density at radius 1 is 2.00 bits per heavy atom. The molecule has 0 aliphatic carbocycles. The summed E-state index contributed by atoms with van der Waals surface area (Å²) in [5.74, 6) is 0.639. The molecule has 0 atom stereocenters. The van der Waals surface area contributed by atoms with E-state index in [4.69, 9.17) is 5.73 Å². The molecule has 0 radical (unpaired) electrons. The number of hydrogen-bond donors (Lipinski definition) is 3. The molecule has 0 bridgehead atoms. The van der Waals surface area contributed by atoms with Gasteiger partial charge in [0.05, 0.1) is 0 Å². The van der Waals surface area contributed by atoms with E-state index in [1.165, 1.54) is 15.8 Å². The summed E-state index contributed by atoms with van der Waals surface area (Å²) in [4.78, 5) is 0. The molecule has 1 aliphatic heterocycles. The highest BCUT2D eigenvalue weighted by Crippen LogP contribution is 2.17. The lowest BCUT2D eigenvalue weighted by Gasteiger charge is -2.03. The van der Waals surface area contributed by atoms with E-state index in [9.17, 15) is 0 Å². The van der Waals surface area contributed by atoms with Crippen molar-refractivity contribution < 1.29 is 0 Å². The van der Waals surface area contributed by atoms with Crippen molar-refractivity contribution in [2.24, 2.45) is 5.73 Å². The van der Waals surface area contributed by atoms with Crippen LogP contribution in [-0.2, 0) is 0 Å². The van der Waals surface area contributed by atoms with Gasteiger partial charge in [-0.15, -0.1) is 3.82 Å². The zero-order valence-corrected chi connectivity index (χ0v) is 5.17. The van der Waals surface area contributed by atoms with Crippen LogP contribution in [0, 0.1) is 0 Å². The summed E-state index contributed by atoms with van der Waals surface area (Å²) < 4.78 is 1.52. The summed E-state index contributed by atoms with van der Waals surface area (Å²) >= 11 is 5.31. The maximum absolute atomic E-state index is 5.26. The minimum Gasteiger partial charge on any atom is -0.384 e. The molecule has 40 valence electrons. The predicted molar refractivity (Wildman–Crippen MR) is 33.8 cm³/mol. The molecule has 1 rings (SSSR count). The van der Waals surface area contributed by atoms with E-state index in [2.05, 4.69) is 18.2 Å². The number of hydrazine groups is 1. The largest absolute Gasteiger partial charge is 0.384 e. The molecule has 0 fully saturated rings. The summed E-state index contributed by atoms with van der Waals surface area (Å²) in [6, 6.07) is 0. The van der Waals surface area contributed by atoms with Gasteiger partial charge in [-0.05, 0) is 11.9 Å². The number of nitrogens with one attached hydrogen (secondary N) is 1. The van der Waals surface area contributed by atoms with Gasteiger partial charge < -0.3 is 5.73 Å². The van der Waals surface area contributed by atoms with Crippen LogP contribution in [0.25, 0.3) is 0 Å². The maximum Gasteiger partial charge on any atom is 0.120 e. The predicted octanol–water partition coefficient (Wildman–Crippen LogP) is 0.0572. The van der Waals surface area contributed by atoms with E-state index < -0.39 is 0 Å². The number of thiol groups is 1. The molecule has 3 N–H and O–H groups in total. The molecule has 0 saturated heterocycles. The Hall–Kier alpha value is -0.0000000000000000833. The monoisotopic (exact) mass is 135 g/mol. The third-order valence-corrected chi connectivity index (χ3v) is 1.54. The van der Waals surface area contributed by atoms with Crippen LogP contribution in [0.4, 0.5) is 0 Å². The van der Waals surface area contributed by atoms with Gasteiger partial charge in [0.15, 0.2) is 0 Å². The molecule has 5 heteroatoms. The Balaban J connectivity index is 2.42. The van der Waals surface area contributed by atoms with Crippen LogP contribution in [0.1, 0.15) is 0 Å². The smallest absolute Gasteiger partial charge is 0.120 e. The summed E-state index contributed by atoms with van der Waals surface area (Å²) in [7, 11) is 0. The van der Waals surface area contributed by atoms with Crippen molar-refractivity contribution in [3.8, 4) is 0 Å². The van der Waals surface area contributed by atoms with Crippen molar-refractivity contribution >= 4 is 24.8 Å². The average Bonchev–Trinajstić information content (AvgIpc) is 1.87. The van der Waals surface area contributed by atoms with Crippen molar-refractivity contribution in [2.75, 3.05) is 0 Å². The lowest BCUT2D eigenvalue weighted by Crippen LogP contribution is -2.21. The first kappa shape index (κ1) is 5.14. The Bertz CT molecular complexity index is 101. The Labute approximate surface area is 51.6 Å². The number of nitrogens with zero attached hydrogens (tertiary/aromatic N) is 1. The second-order valence-corrected chi connectivity index (χ2v) is 2.55. The van der Waals surface area contributed by atoms with Gasteiger partial charge in [0, 0.05) is 5.41 Å². The first-order valence-corrected chi connectivity index (χ1v) is 2.91. The van der Waals surface area contributed by atoms with Crippen LogP contribution in [-0.4, -0.2) is 3.82 Å². The second kappa shape index (κ2) is 1.85. The fourth-order valence-corrected chi connectivity index (χ4v) is 0.951. The van der Waals surface area contributed by atoms with Crippen LogP contribution < -0.4 is 11.2 Å². The van der Waals surface area contributed by atoms with Gasteiger partial charge in [-0.1, -0.05) is 12.8 Å². The molecule has 0 unspecified atom stereocenters. The van der Waals surface area contributed by atoms with Crippen LogP contribution >= 0.6 is 24.8 Å². The SMILES string of the molecule is NC1=CSN(S)N1. The van der Waals surface area contributed by atoms with E-state index in [0.717, 1.165) is 0 Å². The minimum absolute atomic E-state index is 0.639. The lowest BCUT2D eigenvalue weighted by molar-refractivity contribution is 0.634. The first-order chi connectivity index (χ1) is 3.29. The lowest BCUT2D eigenvalue weighted by atomic mass is 10.9. The van der Waals surface area contributed by atoms with Crippen molar-refractivity contribution in [1.29, 1.82) is 0 Å². The molecule has 3 nitrogen and oxygen atoms in total. The summed E-state index contributed by atoms with van der Waals surface area (Å²) in [5, 5.41) is 1.77. The molecule has 0 aromatic heterocycles. The molecule has 1 heterocycles. The van der Waals surface area contributed by atoms with Crippen LogP contribution in [0.5, 0.6) is 0 Å².